The van der Waals surface area contributed by atoms with Crippen molar-refractivity contribution in [3.8, 4) is 22.8 Å². The van der Waals surface area contributed by atoms with Gasteiger partial charge in [0.05, 0.1) is 12.3 Å². The van der Waals surface area contributed by atoms with Gasteiger partial charge < -0.3 is 15.5 Å². The molecule has 29 heavy (non-hydrogen) atoms. The van der Waals surface area contributed by atoms with E-state index >= 15 is 0 Å². The van der Waals surface area contributed by atoms with Crippen LogP contribution in [0.3, 0.4) is 0 Å². The van der Waals surface area contributed by atoms with E-state index in [4.69, 9.17) is 10.5 Å². The normalized spacial score (nSPS) is 11.0. The van der Waals surface area contributed by atoms with E-state index in [1.165, 1.54) is 22.8 Å². The zero-order valence-electron chi connectivity index (χ0n) is 15.3. The molecule has 0 spiro atoms. The minimum atomic E-state index is -0.846. The summed E-state index contributed by atoms with van der Waals surface area (Å²) in [5, 5.41) is 0. The Hall–Kier alpha value is -4.01. The lowest BCUT2D eigenvalue weighted by Gasteiger charge is -2.11. The number of nitrogens with one attached hydrogen (secondary N) is 1. The van der Waals surface area contributed by atoms with Crippen LogP contribution in [0.25, 0.3) is 28.2 Å². The van der Waals surface area contributed by atoms with Crippen molar-refractivity contribution in [3.63, 3.8) is 0 Å². The second kappa shape index (κ2) is 7.19. The van der Waals surface area contributed by atoms with Gasteiger partial charge in [-0.15, -0.1) is 0 Å². The molecular formula is C20H16FN5O3. The van der Waals surface area contributed by atoms with E-state index in [0.29, 0.717) is 23.6 Å². The van der Waals surface area contributed by atoms with Crippen molar-refractivity contribution >= 4 is 17.1 Å². The molecule has 4 rings (SSSR count). The molecule has 0 radical (unpaired) electrons. The molecule has 0 fully saturated rings. The fourth-order valence-corrected chi connectivity index (χ4v) is 3.06. The van der Waals surface area contributed by atoms with E-state index in [-0.39, 0.29) is 22.7 Å². The first-order chi connectivity index (χ1) is 14.0. The van der Waals surface area contributed by atoms with Gasteiger partial charge in [0.1, 0.15) is 17.1 Å². The molecule has 0 aliphatic carbocycles. The van der Waals surface area contributed by atoms with Crippen molar-refractivity contribution < 1.29 is 13.9 Å². The number of fused-ring (bicyclic) bond motifs is 1. The van der Waals surface area contributed by atoms with Gasteiger partial charge in [-0.25, -0.2) is 23.7 Å². The van der Waals surface area contributed by atoms with E-state index < -0.39 is 17.4 Å². The van der Waals surface area contributed by atoms with Gasteiger partial charge in [0.25, 0.3) is 5.91 Å². The topological polar surface area (TPSA) is 116 Å². The van der Waals surface area contributed by atoms with Crippen molar-refractivity contribution in [2.75, 3.05) is 6.61 Å². The fourth-order valence-electron chi connectivity index (χ4n) is 3.06. The zero-order chi connectivity index (χ0) is 20.5. The molecule has 2 aromatic heterocycles. The van der Waals surface area contributed by atoms with Crippen LogP contribution in [0.15, 0.2) is 53.3 Å². The first kappa shape index (κ1) is 18.4. The second-order valence-electron chi connectivity index (χ2n) is 6.14. The Balaban J connectivity index is 2.06. The molecule has 4 aromatic rings. The number of aromatic amines is 1. The molecule has 2 aromatic carbocycles. The number of H-pyrrole nitrogens is 1. The van der Waals surface area contributed by atoms with Crippen LogP contribution in [0, 0.1) is 5.82 Å². The maximum Gasteiger partial charge on any atom is 0.332 e. The number of primary amides is 1. The van der Waals surface area contributed by atoms with Gasteiger partial charge >= 0.3 is 5.69 Å². The number of hydrogen-bond acceptors (Lipinski definition) is 5. The lowest BCUT2D eigenvalue weighted by Crippen LogP contribution is -2.16. The molecule has 8 nitrogen and oxygen atoms in total. The highest BCUT2D eigenvalue weighted by atomic mass is 19.1. The number of carbonyl (C=O) groups excluding carboxylic acids is 1. The summed E-state index contributed by atoms with van der Waals surface area (Å²) >= 11 is 0. The number of imidazole rings is 1. The van der Waals surface area contributed by atoms with E-state index in [2.05, 4.69) is 15.0 Å². The van der Waals surface area contributed by atoms with Gasteiger partial charge in [-0.1, -0.05) is 24.3 Å². The van der Waals surface area contributed by atoms with E-state index in [1.807, 2.05) is 6.92 Å². The van der Waals surface area contributed by atoms with Crippen molar-refractivity contribution in [1.82, 2.24) is 19.5 Å². The minimum absolute atomic E-state index is 0.0624. The van der Waals surface area contributed by atoms with Crippen LogP contribution in [0.5, 0.6) is 5.75 Å². The highest BCUT2D eigenvalue weighted by molar-refractivity contribution is 6.02. The monoisotopic (exact) mass is 393 g/mol. The zero-order valence-corrected chi connectivity index (χ0v) is 15.3. The van der Waals surface area contributed by atoms with Gasteiger partial charge in [-0.3, -0.25) is 4.79 Å². The maximum atomic E-state index is 13.7. The molecule has 0 unspecified atom stereocenters. The number of carbonyl (C=O) groups is 1. The summed E-state index contributed by atoms with van der Waals surface area (Å²) in [4.78, 5) is 35.9. The van der Waals surface area contributed by atoms with Gasteiger partial charge in [0.2, 0.25) is 0 Å². The number of amides is 1. The first-order valence-electron chi connectivity index (χ1n) is 8.80. The van der Waals surface area contributed by atoms with Crippen LogP contribution < -0.4 is 16.2 Å². The summed E-state index contributed by atoms with van der Waals surface area (Å²) in [7, 11) is 0. The van der Waals surface area contributed by atoms with Crippen LogP contribution >= 0.6 is 0 Å². The molecule has 0 aliphatic rings. The number of benzene rings is 2. The molecule has 3 N–H and O–H groups in total. The number of para-hydroxylation sites is 2. The summed E-state index contributed by atoms with van der Waals surface area (Å²) in [6.45, 7) is 2.22. The minimum Gasteiger partial charge on any atom is -0.492 e. The number of nitrogens with zero attached hydrogens (tertiary/aromatic N) is 3. The highest BCUT2D eigenvalue weighted by Crippen LogP contribution is 2.26. The summed E-state index contributed by atoms with van der Waals surface area (Å²) in [5.74, 6) is -0.807. The number of ether oxygens (including phenoxy) is 1. The standard InChI is InChI=1S/C20H16FN5O3/c1-2-29-14-9-4-3-8-13(14)26-19-16(24-20(26)28)15(17(22)27)23-18(25-19)11-6-5-7-12(21)10-11/h3-10H,2H2,1H3,(H2,22,27)(H,24,28). The van der Waals surface area contributed by atoms with Gasteiger partial charge in [0.15, 0.2) is 17.2 Å². The number of halogens is 1. The fraction of sp³-hybridized carbons (Fsp3) is 0.100. The molecular weight excluding hydrogens is 377 g/mol. The molecule has 0 saturated heterocycles. The van der Waals surface area contributed by atoms with E-state index in [9.17, 15) is 14.0 Å². The third-order valence-electron chi connectivity index (χ3n) is 4.26. The molecule has 9 heteroatoms. The van der Waals surface area contributed by atoms with Crippen molar-refractivity contribution in [3.05, 3.63) is 70.5 Å². The average molecular weight is 393 g/mol. The predicted octanol–water partition coefficient (Wildman–Crippen LogP) is 2.41. The smallest absolute Gasteiger partial charge is 0.332 e. The lowest BCUT2D eigenvalue weighted by atomic mass is 10.2. The molecule has 0 aliphatic heterocycles. The third kappa shape index (κ3) is 3.22. The van der Waals surface area contributed by atoms with Gasteiger partial charge in [-0.05, 0) is 31.2 Å². The summed E-state index contributed by atoms with van der Waals surface area (Å²) in [5.41, 5.74) is 5.76. The summed E-state index contributed by atoms with van der Waals surface area (Å²) in [6.07, 6.45) is 0. The van der Waals surface area contributed by atoms with E-state index in [0.717, 1.165) is 0 Å². The quantitative estimate of drug-likeness (QED) is 0.540. The van der Waals surface area contributed by atoms with Crippen LogP contribution in [-0.2, 0) is 0 Å². The Morgan fingerprint density at radius 3 is 2.72 bits per heavy atom. The largest absolute Gasteiger partial charge is 0.492 e. The number of aromatic nitrogens is 4. The Kier molecular flexibility index (Phi) is 4.55. The molecule has 0 saturated carbocycles. The molecule has 146 valence electrons. The second-order valence-corrected chi connectivity index (χ2v) is 6.14. The van der Waals surface area contributed by atoms with Gasteiger partial charge in [0, 0.05) is 5.56 Å². The highest BCUT2D eigenvalue weighted by Gasteiger charge is 2.21. The van der Waals surface area contributed by atoms with Crippen LogP contribution in [0.4, 0.5) is 4.39 Å². The number of nitrogens with two attached hydrogens (primary N) is 1. The SMILES string of the molecule is CCOc1ccccc1-n1c(=O)[nH]c2c(C(N)=O)nc(-c3cccc(F)c3)nc21. The summed E-state index contributed by atoms with van der Waals surface area (Å²) < 4.78 is 20.6. The van der Waals surface area contributed by atoms with Crippen LogP contribution in [-0.4, -0.2) is 32.0 Å². The Labute approximate surface area is 163 Å². The molecule has 0 bridgehead atoms. The summed E-state index contributed by atoms with van der Waals surface area (Å²) in [6, 6.07) is 12.5. The lowest BCUT2D eigenvalue weighted by molar-refractivity contribution is 0.0997. The molecule has 0 atom stereocenters. The van der Waals surface area contributed by atoms with Gasteiger partial charge in [-0.2, -0.15) is 0 Å². The van der Waals surface area contributed by atoms with Crippen molar-refractivity contribution in [2.24, 2.45) is 5.73 Å². The van der Waals surface area contributed by atoms with Crippen LogP contribution in [0.1, 0.15) is 17.4 Å². The molecule has 2 heterocycles. The maximum absolute atomic E-state index is 13.7. The van der Waals surface area contributed by atoms with E-state index in [1.54, 1.807) is 30.3 Å². The number of hydrogen-bond donors (Lipinski definition) is 2. The van der Waals surface area contributed by atoms with Crippen molar-refractivity contribution in [1.29, 1.82) is 0 Å². The predicted molar refractivity (Wildman–Crippen MR) is 105 cm³/mol. The average Bonchev–Trinajstić information content (AvgIpc) is 3.03. The molecule has 1 amide bonds. The first-order valence-corrected chi connectivity index (χ1v) is 8.80. The van der Waals surface area contributed by atoms with Crippen molar-refractivity contribution in [2.45, 2.75) is 6.92 Å². The Morgan fingerprint density at radius 1 is 1.21 bits per heavy atom. The third-order valence-corrected chi connectivity index (χ3v) is 4.26. The number of rotatable bonds is 5. The Morgan fingerprint density at radius 2 is 2.00 bits per heavy atom. The Bertz CT molecular complexity index is 1300. The van der Waals surface area contributed by atoms with Crippen LogP contribution in [0.2, 0.25) is 0 Å².